The van der Waals surface area contributed by atoms with E-state index in [1.165, 1.54) is 11.8 Å². The van der Waals surface area contributed by atoms with Crippen LogP contribution in [0.3, 0.4) is 0 Å². The Morgan fingerprint density at radius 1 is 1.28 bits per heavy atom. The number of amidine groups is 1. The average Bonchev–Trinajstić information content (AvgIpc) is 3.48. The third-order valence-corrected chi connectivity index (χ3v) is 7.81. The molecule has 2 aliphatic rings. The van der Waals surface area contributed by atoms with Crippen LogP contribution in [-0.2, 0) is 19.9 Å². The molecule has 3 heterocycles. The number of amides is 3. The largest absolute Gasteiger partial charge is 0.391 e. The summed E-state index contributed by atoms with van der Waals surface area (Å²) >= 11 is 1.56. The minimum Gasteiger partial charge on any atom is -0.391 e. The molecule has 1 fully saturated rings. The Morgan fingerprint density at radius 3 is 2.50 bits per heavy atom. The Hall–Kier alpha value is -3.11. The molecule has 0 aliphatic carbocycles. The van der Waals surface area contributed by atoms with Crippen LogP contribution in [0.5, 0.6) is 0 Å². The van der Waals surface area contributed by atoms with Crippen LogP contribution >= 0.6 is 11.3 Å². The van der Waals surface area contributed by atoms with Crippen LogP contribution in [0.25, 0.3) is 10.4 Å². The lowest BCUT2D eigenvalue weighted by Crippen LogP contribution is -2.58. The van der Waals surface area contributed by atoms with Crippen molar-refractivity contribution < 1.29 is 19.5 Å². The van der Waals surface area contributed by atoms with Gasteiger partial charge in [-0.25, -0.2) is 4.98 Å². The first-order valence-electron chi connectivity index (χ1n) is 12.0. The van der Waals surface area contributed by atoms with Crippen LogP contribution < -0.4 is 10.6 Å². The zero-order valence-corrected chi connectivity index (χ0v) is 22.3. The van der Waals surface area contributed by atoms with E-state index in [0.717, 1.165) is 21.7 Å². The molecular formula is C26H33N5O4S. The number of β-amino-alcohol motifs (C(OH)–C–C–N with tert-alkyl or cyclic N) is 1. The normalized spacial score (nSPS) is 24.9. The van der Waals surface area contributed by atoms with Gasteiger partial charge in [0.05, 0.1) is 28.2 Å². The molecule has 3 amide bonds. The molecule has 0 saturated carbocycles. The molecule has 1 unspecified atom stereocenters. The van der Waals surface area contributed by atoms with Crippen LogP contribution in [0.1, 0.15) is 52.3 Å². The molecule has 2 aliphatic heterocycles. The van der Waals surface area contributed by atoms with E-state index >= 15 is 0 Å². The summed E-state index contributed by atoms with van der Waals surface area (Å²) in [5.41, 5.74) is 2.89. The molecule has 3 N–H and O–H groups in total. The zero-order chi connectivity index (χ0) is 26.4. The van der Waals surface area contributed by atoms with E-state index in [1.54, 1.807) is 23.8 Å². The second-order valence-corrected chi connectivity index (χ2v) is 11.6. The van der Waals surface area contributed by atoms with Crippen molar-refractivity contribution in [3.05, 3.63) is 41.0 Å². The lowest BCUT2D eigenvalue weighted by atomic mass is 9.85. The van der Waals surface area contributed by atoms with Gasteiger partial charge in [-0.05, 0) is 30.4 Å². The summed E-state index contributed by atoms with van der Waals surface area (Å²) in [6.45, 7) is 10.8. The van der Waals surface area contributed by atoms with Gasteiger partial charge in [-0.2, -0.15) is 4.99 Å². The van der Waals surface area contributed by atoms with Crippen molar-refractivity contribution in [3.63, 3.8) is 0 Å². The maximum atomic E-state index is 13.6. The number of nitrogens with zero attached hydrogens (tertiary/aromatic N) is 3. The van der Waals surface area contributed by atoms with Gasteiger partial charge in [-0.1, -0.05) is 45.0 Å². The van der Waals surface area contributed by atoms with Gasteiger partial charge in [-0.15, -0.1) is 11.3 Å². The highest BCUT2D eigenvalue weighted by atomic mass is 32.1. The summed E-state index contributed by atoms with van der Waals surface area (Å²) in [7, 11) is 0. The standard InChI is InChI=1S/C26H33N5O4S/c1-14-20(36-13-27-14)16-7-9-17(10-8-16)26(6)24(35)29-22(30-26)19-11-18(33)12-31(19)23(34)21(25(3,4)5)28-15(2)32/h7-10,13,18-19,21,33H,11-12H2,1-6H3,(H,28,32)(H,29,30,35)/t18-,19-,21?,26+/m1/s1. The number of rotatable bonds is 5. The van der Waals surface area contributed by atoms with Crippen LogP contribution in [0.15, 0.2) is 34.8 Å². The van der Waals surface area contributed by atoms with E-state index in [0.29, 0.717) is 5.84 Å². The Morgan fingerprint density at radius 2 is 1.94 bits per heavy atom. The third-order valence-electron chi connectivity index (χ3n) is 6.84. The number of aliphatic imine (C=N–C) groups is 1. The molecule has 1 aromatic carbocycles. The highest BCUT2D eigenvalue weighted by molar-refractivity contribution is 7.13. The van der Waals surface area contributed by atoms with E-state index in [4.69, 9.17) is 0 Å². The van der Waals surface area contributed by atoms with E-state index in [9.17, 15) is 19.5 Å². The second-order valence-electron chi connectivity index (χ2n) is 10.8. The molecule has 1 saturated heterocycles. The quantitative estimate of drug-likeness (QED) is 0.566. The number of hydrogen-bond acceptors (Lipinski definition) is 7. The number of aliphatic hydroxyl groups is 1. The Labute approximate surface area is 215 Å². The van der Waals surface area contributed by atoms with Gasteiger partial charge in [0.1, 0.15) is 17.4 Å². The number of aromatic nitrogens is 1. The number of thiazole rings is 1. The molecule has 4 atom stereocenters. The third kappa shape index (κ3) is 4.79. The summed E-state index contributed by atoms with van der Waals surface area (Å²) in [6, 6.07) is 6.34. The highest BCUT2D eigenvalue weighted by Crippen LogP contribution is 2.34. The molecule has 1 aromatic heterocycles. The fourth-order valence-corrected chi connectivity index (χ4v) is 5.59. The van der Waals surface area contributed by atoms with Crippen molar-refractivity contribution in [2.24, 2.45) is 10.4 Å². The van der Waals surface area contributed by atoms with Crippen molar-refractivity contribution >= 4 is 34.9 Å². The topological polar surface area (TPSA) is 124 Å². The summed E-state index contributed by atoms with van der Waals surface area (Å²) in [5, 5.41) is 16.5. The number of aryl methyl sites for hydroxylation is 1. The van der Waals surface area contributed by atoms with Crippen molar-refractivity contribution in [2.75, 3.05) is 6.54 Å². The molecule has 9 nitrogen and oxygen atoms in total. The van der Waals surface area contributed by atoms with Gasteiger partial charge in [0.2, 0.25) is 11.8 Å². The number of nitrogens with one attached hydrogen (secondary N) is 2. The number of aliphatic hydroxyl groups excluding tert-OH is 1. The van der Waals surface area contributed by atoms with Crippen LogP contribution in [0.2, 0.25) is 0 Å². The average molecular weight is 512 g/mol. The molecule has 0 spiro atoms. The second kappa shape index (κ2) is 9.40. The lowest BCUT2D eigenvalue weighted by molar-refractivity contribution is -0.139. The van der Waals surface area contributed by atoms with Gasteiger partial charge in [0.25, 0.3) is 5.91 Å². The van der Waals surface area contributed by atoms with Crippen LogP contribution in [0.4, 0.5) is 0 Å². The fraction of sp³-hybridized carbons (Fsp3) is 0.500. The first-order valence-corrected chi connectivity index (χ1v) is 12.9. The first kappa shape index (κ1) is 26.0. The molecule has 0 bridgehead atoms. The van der Waals surface area contributed by atoms with E-state index < -0.39 is 29.1 Å². The number of benzene rings is 1. The number of carbonyl (C=O) groups excluding carboxylic acids is 3. The predicted octanol–water partition coefficient (Wildman–Crippen LogP) is 2.37. The number of carbonyl (C=O) groups is 3. The van der Waals surface area contributed by atoms with Crippen molar-refractivity contribution in [1.29, 1.82) is 0 Å². The van der Waals surface area contributed by atoms with E-state index in [1.807, 2.05) is 52.0 Å². The zero-order valence-electron chi connectivity index (χ0n) is 21.5. The molecule has 4 rings (SSSR count). The molecule has 36 heavy (non-hydrogen) atoms. The minimum atomic E-state index is -1.10. The van der Waals surface area contributed by atoms with Gasteiger partial charge in [0, 0.05) is 19.9 Å². The Balaban J connectivity index is 1.58. The monoisotopic (exact) mass is 511 g/mol. The summed E-state index contributed by atoms with van der Waals surface area (Å²) in [4.78, 5) is 49.7. The van der Waals surface area contributed by atoms with E-state index in [2.05, 4.69) is 20.6 Å². The Kier molecular flexibility index (Phi) is 6.78. The first-order chi connectivity index (χ1) is 16.8. The maximum Gasteiger partial charge on any atom is 0.277 e. The maximum absolute atomic E-state index is 13.6. The van der Waals surface area contributed by atoms with E-state index in [-0.39, 0.29) is 30.7 Å². The van der Waals surface area contributed by atoms with Gasteiger partial charge in [-0.3, -0.25) is 14.4 Å². The molecule has 2 aromatic rings. The van der Waals surface area contributed by atoms with Crippen molar-refractivity contribution in [2.45, 2.75) is 71.7 Å². The SMILES string of the molecule is CC(=O)NC(C(=O)N1C[C@H](O)C[C@@H]1C1=NC(=O)[C@](C)(c2ccc(-c3scnc3C)cc2)N1)C(C)(C)C. The van der Waals surface area contributed by atoms with Gasteiger partial charge < -0.3 is 20.6 Å². The predicted molar refractivity (Wildman–Crippen MR) is 138 cm³/mol. The van der Waals surface area contributed by atoms with Gasteiger partial charge >= 0.3 is 0 Å². The van der Waals surface area contributed by atoms with Crippen molar-refractivity contribution in [1.82, 2.24) is 20.5 Å². The number of hydrogen-bond donors (Lipinski definition) is 3. The highest BCUT2D eigenvalue weighted by Gasteiger charge is 2.49. The Bertz CT molecular complexity index is 1220. The molecule has 10 heteroatoms. The smallest absolute Gasteiger partial charge is 0.277 e. The van der Waals surface area contributed by atoms with Crippen LogP contribution in [-0.4, -0.2) is 63.3 Å². The molecule has 192 valence electrons. The molecule has 0 radical (unpaired) electrons. The number of likely N-dealkylation sites (tertiary alicyclic amines) is 1. The summed E-state index contributed by atoms with van der Waals surface area (Å²) in [5.74, 6) is -0.628. The summed E-state index contributed by atoms with van der Waals surface area (Å²) < 4.78 is 0. The van der Waals surface area contributed by atoms with Crippen LogP contribution in [0, 0.1) is 12.3 Å². The van der Waals surface area contributed by atoms with Crippen molar-refractivity contribution in [3.8, 4) is 10.4 Å². The summed E-state index contributed by atoms with van der Waals surface area (Å²) in [6.07, 6.45) is -0.508. The minimum absolute atomic E-state index is 0.101. The lowest BCUT2D eigenvalue weighted by Gasteiger charge is -2.36. The van der Waals surface area contributed by atoms with Gasteiger partial charge in [0.15, 0.2) is 0 Å². The molecular weight excluding hydrogens is 478 g/mol. The fourth-order valence-electron chi connectivity index (χ4n) is 4.78.